The minimum absolute atomic E-state index is 0.0185. The van der Waals surface area contributed by atoms with E-state index >= 15 is 0 Å². The molecular weight excluding hydrogens is 248 g/mol. The Morgan fingerprint density at radius 2 is 1.56 bits per heavy atom. The topological polar surface area (TPSA) is 34.1 Å². The third-order valence-electron chi connectivity index (χ3n) is 3.67. The lowest BCUT2D eigenvalue weighted by molar-refractivity contribution is -0.111. The van der Waals surface area contributed by atoms with E-state index in [4.69, 9.17) is 11.6 Å². The lowest BCUT2D eigenvalue weighted by Gasteiger charge is -2.37. The molecule has 0 heterocycles. The molecule has 0 saturated carbocycles. The third kappa shape index (κ3) is 2.39. The molecule has 2 nitrogen and oxygen atoms in total. The maximum Gasteiger partial charge on any atom is 0.196 e. The third-order valence-corrected chi connectivity index (χ3v) is 3.98. The highest BCUT2D eigenvalue weighted by Gasteiger charge is 2.34. The highest BCUT2D eigenvalue weighted by Crippen LogP contribution is 2.41. The highest BCUT2D eigenvalue weighted by molar-refractivity contribution is 6.44. The minimum Gasteiger partial charge on any atom is -0.290 e. The molecule has 2 aliphatic carbocycles. The van der Waals surface area contributed by atoms with Crippen LogP contribution in [0.2, 0.25) is 0 Å². The maximum atomic E-state index is 11.3. The Morgan fingerprint density at radius 1 is 1.00 bits per heavy atom. The van der Waals surface area contributed by atoms with Crippen LogP contribution in [-0.2, 0) is 9.59 Å². The van der Waals surface area contributed by atoms with E-state index in [1.807, 2.05) is 18.2 Å². The Kier molecular flexibility index (Phi) is 3.40. The van der Waals surface area contributed by atoms with Crippen LogP contribution in [-0.4, -0.2) is 11.6 Å². The molecule has 0 spiro atoms. The monoisotopic (exact) mass is 262 g/mol. The lowest BCUT2D eigenvalue weighted by atomic mass is 9.67. The van der Waals surface area contributed by atoms with E-state index in [1.165, 1.54) is 6.08 Å². The standard InChI is InChI=1S/C15H15ClO2/c1-15(2,10-3-6-12(17)7-4-10)11-5-8-14(18)13(16)9-11/h3-11H,1-2H3. The molecule has 0 bridgehead atoms. The van der Waals surface area contributed by atoms with Crippen molar-refractivity contribution < 1.29 is 9.59 Å². The normalized spacial score (nSPS) is 24.6. The van der Waals surface area contributed by atoms with Crippen LogP contribution in [0.3, 0.4) is 0 Å². The van der Waals surface area contributed by atoms with Gasteiger partial charge in [-0.25, -0.2) is 0 Å². The van der Waals surface area contributed by atoms with E-state index in [2.05, 4.69) is 13.8 Å². The van der Waals surface area contributed by atoms with Crippen molar-refractivity contribution in [3.8, 4) is 0 Å². The van der Waals surface area contributed by atoms with E-state index in [9.17, 15) is 9.59 Å². The zero-order valence-corrected chi connectivity index (χ0v) is 11.1. The number of carbonyl (C=O) groups is 2. The summed E-state index contributed by atoms with van der Waals surface area (Å²) in [6.45, 7) is 4.21. The molecule has 1 unspecified atom stereocenters. The average Bonchev–Trinajstić information content (AvgIpc) is 2.33. The van der Waals surface area contributed by atoms with Crippen LogP contribution in [0.4, 0.5) is 0 Å². The number of hydrogen-bond acceptors (Lipinski definition) is 2. The molecule has 18 heavy (non-hydrogen) atoms. The summed E-state index contributed by atoms with van der Waals surface area (Å²) in [7, 11) is 0. The summed E-state index contributed by atoms with van der Waals surface area (Å²) in [6.07, 6.45) is 12.2. The fourth-order valence-corrected chi connectivity index (χ4v) is 2.46. The van der Waals surface area contributed by atoms with Crippen LogP contribution in [0.1, 0.15) is 13.8 Å². The molecule has 0 radical (unpaired) electrons. The number of hydrogen-bond donors (Lipinski definition) is 0. The smallest absolute Gasteiger partial charge is 0.196 e. The number of carbonyl (C=O) groups excluding carboxylic acids is 2. The predicted molar refractivity (Wildman–Crippen MR) is 72.1 cm³/mol. The first-order valence-corrected chi connectivity index (χ1v) is 6.29. The Bertz CT molecular complexity index is 491. The second kappa shape index (κ2) is 4.69. The Hall–Kier alpha value is -1.41. The van der Waals surface area contributed by atoms with Gasteiger partial charge in [0.25, 0.3) is 0 Å². The summed E-state index contributed by atoms with van der Waals surface area (Å²) in [5, 5.41) is 0.274. The van der Waals surface area contributed by atoms with Crippen LogP contribution < -0.4 is 0 Å². The van der Waals surface area contributed by atoms with Crippen molar-refractivity contribution in [1.82, 2.24) is 0 Å². The van der Waals surface area contributed by atoms with Gasteiger partial charge in [0.05, 0.1) is 5.03 Å². The van der Waals surface area contributed by atoms with Crippen molar-refractivity contribution >= 4 is 23.2 Å². The van der Waals surface area contributed by atoms with Crippen LogP contribution >= 0.6 is 11.6 Å². The summed E-state index contributed by atoms with van der Waals surface area (Å²) >= 11 is 5.90. The molecule has 1 atom stereocenters. The highest BCUT2D eigenvalue weighted by atomic mass is 35.5. The largest absolute Gasteiger partial charge is 0.290 e. The SMILES string of the molecule is CC(C)(C1C=CC(=O)C=C1)C1C=CC(=O)C(Cl)=C1. The van der Waals surface area contributed by atoms with E-state index < -0.39 is 0 Å². The predicted octanol–water partition coefficient (Wildman–Crippen LogP) is 3.20. The quantitative estimate of drug-likeness (QED) is 0.766. The molecule has 0 aliphatic heterocycles. The Balaban J connectivity index is 2.24. The molecule has 0 amide bonds. The zero-order chi connectivity index (χ0) is 13.3. The van der Waals surface area contributed by atoms with E-state index in [0.717, 1.165) is 0 Å². The first-order valence-electron chi connectivity index (χ1n) is 5.91. The molecule has 0 N–H and O–H groups in total. The van der Waals surface area contributed by atoms with Crippen molar-refractivity contribution in [2.45, 2.75) is 13.8 Å². The van der Waals surface area contributed by atoms with Gasteiger partial charge in [0.2, 0.25) is 0 Å². The van der Waals surface area contributed by atoms with Gasteiger partial charge in [-0.3, -0.25) is 9.59 Å². The molecule has 0 aromatic heterocycles. The van der Waals surface area contributed by atoms with E-state index in [-0.39, 0.29) is 33.8 Å². The van der Waals surface area contributed by atoms with Gasteiger partial charge in [-0.05, 0) is 23.6 Å². The van der Waals surface area contributed by atoms with Gasteiger partial charge in [0.15, 0.2) is 11.6 Å². The van der Waals surface area contributed by atoms with Crippen molar-refractivity contribution in [2.75, 3.05) is 0 Å². The van der Waals surface area contributed by atoms with Gasteiger partial charge in [0.1, 0.15) is 0 Å². The fraction of sp³-hybridized carbons (Fsp3) is 0.333. The van der Waals surface area contributed by atoms with Crippen molar-refractivity contribution in [1.29, 1.82) is 0 Å². The molecule has 0 saturated heterocycles. The van der Waals surface area contributed by atoms with Crippen molar-refractivity contribution in [2.24, 2.45) is 17.3 Å². The first-order chi connectivity index (χ1) is 8.41. The van der Waals surface area contributed by atoms with Crippen LogP contribution in [0.25, 0.3) is 0 Å². The molecule has 3 heteroatoms. The summed E-state index contributed by atoms with van der Waals surface area (Å²) in [5.41, 5.74) is -0.134. The van der Waals surface area contributed by atoms with Crippen molar-refractivity contribution in [3.05, 3.63) is 47.6 Å². The summed E-state index contributed by atoms with van der Waals surface area (Å²) < 4.78 is 0. The minimum atomic E-state index is -0.145. The Morgan fingerprint density at radius 3 is 2.11 bits per heavy atom. The van der Waals surface area contributed by atoms with Gasteiger partial charge in [0, 0.05) is 11.8 Å². The molecule has 0 aromatic carbocycles. The molecule has 2 rings (SSSR count). The first kappa shape index (κ1) is 13.0. The van der Waals surface area contributed by atoms with E-state index in [0.29, 0.717) is 0 Å². The van der Waals surface area contributed by atoms with Gasteiger partial charge < -0.3 is 0 Å². The molecule has 0 aromatic rings. The lowest BCUT2D eigenvalue weighted by Crippen LogP contribution is -2.31. The average molecular weight is 263 g/mol. The number of rotatable bonds is 2. The second-order valence-corrected chi connectivity index (χ2v) is 5.64. The van der Waals surface area contributed by atoms with Crippen molar-refractivity contribution in [3.63, 3.8) is 0 Å². The molecule has 0 fully saturated rings. The van der Waals surface area contributed by atoms with Crippen LogP contribution in [0, 0.1) is 17.3 Å². The summed E-state index contributed by atoms with van der Waals surface area (Å²) in [5.74, 6) is 0.104. The summed E-state index contributed by atoms with van der Waals surface area (Å²) in [6, 6.07) is 0. The van der Waals surface area contributed by atoms with E-state index in [1.54, 1.807) is 18.2 Å². The number of halogens is 1. The zero-order valence-electron chi connectivity index (χ0n) is 10.4. The molecule has 94 valence electrons. The second-order valence-electron chi connectivity index (χ2n) is 5.23. The molecular formula is C15H15ClO2. The summed E-state index contributed by atoms with van der Waals surface area (Å²) in [4.78, 5) is 22.5. The molecule has 2 aliphatic rings. The van der Waals surface area contributed by atoms with Gasteiger partial charge in [-0.2, -0.15) is 0 Å². The Labute approximate surface area is 112 Å². The van der Waals surface area contributed by atoms with Gasteiger partial charge >= 0.3 is 0 Å². The van der Waals surface area contributed by atoms with Crippen LogP contribution in [0.5, 0.6) is 0 Å². The van der Waals surface area contributed by atoms with Gasteiger partial charge in [-0.1, -0.05) is 49.8 Å². The fourth-order valence-electron chi connectivity index (χ4n) is 2.26. The maximum absolute atomic E-state index is 11.3. The van der Waals surface area contributed by atoms with Gasteiger partial charge in [-0.15, -0.1) is 0 Å². The van der Waals surface area contributed by atoms with Crippen LogP contribution in [0.15, 0.2) is 47.6 Å². The number of ketones is 2. The number of allylic oxidation sites excluding steroid dienone is 8.